The molecule has 5 aromatic rings. The molecule has 0 N–H and O–H groups in total. The molecule has 0 spiro atoms. The van der Waals surface area contributed by atoms with Crippen molar-refractivity contribution in [2.75, 3.05) is 0 Å². The molecule has 2 heteroatoms. The van der Waals surface area contributed by atoms with Crippen LogP contribution in [-0.4, -0.2) is 13.3 Å². The van der Waals surface area contributed by atoms with Crippen LogP contribution in [0.3, 0.4) is 0 Å². The van der Waals surface area contributed by atoms with Gasteiger partial charge < -0.3 is 0 Å². The summed E-state index contributed by atoms with van der Waals surface area (Å²) in [4.78, 5) is 0. The summed E-state index contributed by atoms with van der Waals surface area (Å²) in [6.07, 6.45) is 0. The Morgan fingerprint density at radius 2 is 0.656 bits per heavy atom. The van der Waals surface area contributed by atoms with Gasteiger partial charge in [-0.2, -0.15) is 0 Å². The maximum absolute atomic E-state index is 3.54. The Labute approximate surface area is 201 Å². The first-order valence-corrected chi connectivity index (χ1v) is 15.8. The van der Waals surface area contributed by atoms with E-state index in [0.717, 1.165) is 4.47 Å². The zero-order chi connectivity index (χ0) is 21.8. The van der Waals surface area contributed by atoms with Gasteiger partial charge in [0.25, 0.3) is 0 Å². The molecule has 0 radical (unpaired) electrons. The van der Waals surface area contributed by atoms with Crippen molar-refractivity contribution in [2.45, 2.75) is 0 Å². The Balaban J connectivity index is 1.76. The number of rotatable bonds is 5. The normalized spacial score (nSPS) is 11.3. The van der Waals surface area contributed by atoms with Crippen molar-refractivity contribution in [2.24, 2.45) is 0 Å². The van der Waals surface area contributed by atoms with Gasteiger partial charge in [-0.3, -0.25) is 0 Å². The van der Waals surface area contributed by atoms with Crippen LogP contribution in [0.25, 0.3) is 11.1 Å². The van der Waals surface area contributed by atoms with Gasteiger partial charge in [-0.1, -0.05) is 0 Å². The summed E-state index contributed by atoms with van der Waals surface area (Å²) in [7, 11) is 0. The van der Waals surface area contributed by atoms with Crippen molar-refractivity contribution in [1.82, 2.24) is 0 Å². The van der Waals surface area contributed by atoms with Crippen LogP contribution in [0.2, 0.25) is 0 Å². The molecule has 0 atom stereocenters. The van der Waals surface area contributed by atoms with Gasteiger partial charge in [-0.05, 0) is 0 Å². The number of hydrogen-bond acceptors (Lipinski definition) is 0. The van der Waals surface area contributed by atoms with E-state index in [9.17, 15) is 0 Å². The monoisotopic (exact) mass is 536 g/mol. The Kier molecular flexibility index (Phi) is 6.11. The van der Waals surface area contributed by atoms with Crippen LogP contribution in [-0.2, 0) is 0 Å². The molecule has 0 aliphatic carbocycles. The summed E-state index contributed by atoms with van der Waals surface area (Å²) in [5.41, 5.74) is 2.48. The van der Waals surface area contributed by atoms with Crippen molar-refractivity contribution in [3.8, 4) is 11.1 Å². The van der Waals surface area contributed by atoms with E-state index in [1.807, 2.05) is 0 Å². The fraction of sp³-hybridized carbons (Fsp3) is 0. The van der Waals surface area contributed by atoms with E-state index in [-0.39, 0.29) is 0 Å². The molecule has 0 aromatic heterocycles. The first-order valence-electron chi connectivity index (χ1n) is 10.8. The minimum atomic E-state index is -3.15. The summed E-state index contributed by atoms with van der Waals surface area (Å²) >= 11 is 0.387. The van der Waals surface area contributed by atoms with Gasteiger partial charge >= 0.3 is 202 Å². The van der Waals surface area contributed by atoms with Gasteiger partial charge in [-0.15, -0.1) is 0 Å². The summed E-state index contributed by atoms with van der Waals surface area (Å²) < 4.78 is 6.88. The molecule has 0 aliphatic heterocycles. The molecule has 0 unspecified atom stereocenters. The third-order valence-electron chi connectivity index (χ3n) is 6.12. The first-order chi connectivity index (χ1) is 15.8. The van der Waals surface area contributed by atoms with Crippen LogP contribution in [0.1, 0.15) is 0 Å². The summed E-state index contributed by atoms with van der Waals surface area (Å²) in [5, 5.41) is 0. The fourth-order valence-electron chi connectivity index (χ4n) is 4.62. The van der Waals surface area contributed by atoms with E-state index < -0.39 is 13.3 Å². The first kappa shape index (κ1) is 21.0. The van der Waals surface area contributed by atoms with Gasteiger partial charge in [-0.25, -0.2) is 0 Å². The number of halogens is 1. The van der Waals surface area contributed by atoms with Gasteiger partial charge in [0.1, 0.15) is 0 Å². The molecule has 0 aliphatic rings. The molecule has 0 nitrogen and oxygen atoms in total. The van der Waals surface area contributed by atoms with Crippen molar-refractivity contribution < 1.29 is 0 Å². The van der Waals surface area contributed by atoms with Crippen LogP contribution in [0, 0.1) is 0 Å². The van der Waals surface area contributed by atoms with E-state index >= 15 is 0 Å². The molecular formula is C30H23BrGe. The van der Waals surface area contributed by atoms with Gasteiger partial charge in [0.2, 0.25) is 0 Å². The standard InChI is InChI=1S/C30H23BrGe/c31-26-20-16-24(17-21-26)25-18-22-30(23-19-25)32(27-10-4-1-5-11-27,28-12-6-2-7-13-28)29-14-8-3-9-15-29/h1-23H. The molecule has 0 saturated carbocycles. The van der Waals surface area contributed by atoms with Crippen LogP contribution >= 0.6 is 15.9 Å². The fourth-order valence-corrected chi connectivity index (χ4v) is 14.8. The molecule has 5 rings (SSSR count). The third kappa shape index (κ3) is 3.87. The number of hydrogen-bond donors (Lipinski definition) is 0. The van der Waals surface area contributed by atoms with E-state index in [0.29, 0.717) is 0 Å². The molecule has 0 saturated heterocycles. The molecule has 0 amide bonds. The van der Waals surface area contributed by atoms with E-state index in [1.54, 1.807) is 0 Å². The molecule has 32 heavy (non-hydrogen) atoms. The number of benzene rings is 5. The van der Waals surface area contributed by atoms with Gasteiger partial charge in [0.15, 0.2) is 0 Å². The summed E-state index contributed by atoms with van der Waals surface area (Å²) in [6, 6.07) is 51.2. The third-order valence-corrected chi connectivity index (χ3v) is 16.7. The van der Waals surface area contributed by atoms with Crippen molar-refractivity contribution in [3.05, 3.63) is 144 Å². The van der Waals surface area contributed by atoms with Gasteiger partial charge in [0, 0.05) is 0 Å². The van der Waals surface area contributed by atoms with Gasteiger partial charge in [0.05, 0.1) is 0 Å². The average Bonchev–Trinajstić information content (AvgIpc) is 2.88. The Morgan fingerprint density at radius 1 is 0.344 bits per heavy atom. The molecular weight excluding hydrogens is 513 g/mol. The summed E-state index contributed by atoms with van der Waals surface area (Å²) in [5.74, 6) is 0. The summed E-state index contributed by atoms with van der Waals surface area (Å²) in [6.45, 7) is 0. The SMILES string of the molecule is Brc1ccc(-c2cc[c]([Ge]([c]3ccccc3)([c]3ccccc3)[c]3ccccc3)cc2)cc1. The molecule has 0 heterocycles. The van der Waals surface area contributed by atoms with Crippen LogP contribution in [0.15, 0.2) is 144 Å². The predicted molar refractivity (Wildman–Crippen MR) is 143 cm³/mol. The second-order valence-electron chi connectivity index (χ2n) is 7.93. The maximum atomic E-state index is 3.54. The zero-order valence-corrected chi connectivity index (χ0v) is 21.3. The second-order valence-corrected chi connectivity index (χ2v) is 16.8. The quantitative estimate of drug-likeness (QED) is 0.261. The Morgan fingerprint density at radius 3 is 1.03 bits per heavy atom. The Bertz CT molecular complexity index is 1180. The van der Waals surface area contributed by atoms with E-state index in [2.05, 4.69) is 155 Å². The van der Waals surface area contributed by atoms with E-state index in [4.69, 9.17) is 0 Å². The molecule has 154 valence electrons. The van der Waals surface area contributed by atoms with Crippen molar-refractivity contribution in [1.29, 1.82) is 0 Å². The zero-order valence-electron chi connectivity index (χ0n) is 17.7. The van der Waals surface area contributed by atoms with Crippen LogP contribution in [0.4, 0.5) is 0 Å². The van der Waals surface area contributed by atoms with E-state index in [1.165, 1.54) is 28.7 Å². The average molecular weight is 536 g/mol. The van der Waals surface area contributed by atoms with Crippen molar-refractivity contribution >= 4 is 46.8 Å². The molecule has 5 aromatic carbocycles. The minimum absolute atomic E-state index is 1.10. The van der Waals surface area contributed by atoms with Crippen LogP contribution in [0.5, 0.6) is 0 Å². The van der Waals surface area contributed by atoms with Crippen molar-refractivity contribution in [3.63, 3.8) is 0 Å². The van der Waals surface area contributed by atoms with Crippen LogP contribution < -0.4 is 17.6 Å². The predicted octanol–water partition coefficient (Wildman–Crippen LogP) is 5.49. The molecule has 0 fully saturated rings. The second kappa shape index (κ2) is 9.32. The topological polar surface area (TPSA) is 0 Å². The molecule has 0 bridgehead atoms. The Hall–Kier alpha value is -2.88.